The van der Waals surface area contributed by atoms with Gasteiger partial charge in [-0.15, -0.1) is 10.2 Å². The quantitative estimate of drug-likeness (QED) is 0.481. The van der Waals surface area contributed by atoms with Crippen molar-refractivity contribution in [3.05, 3.63) is 66.2 Å². The van der Waals surface area contributed by atoms with E-state index in [1.165, 1.54) is 18.7 Å². The summed E-state index contributed by atoms with van der Waals surface area (Å²) in [6.45, 7) is 1.50. The number of carbonyl (C=O) groups excluding carboxylic acids is 2. The Labute approximate surface area is 167 Å². The lowest BCUT2D eigenvalue weighted by atomic mass is 10.1. The fourth-order valence-corrected chi connectivity index (χ4v) is 3.14. The molecule has 0 aliphatic heterocycles. The Balaban J connectivity index is 1.57. The molecule has 0 bridgehead atoms. The van der Waals surface area contributed by atoms with E-state index in [9.17, 15) is 9.59 Å². The zero-order chi connectivity index (χ0) is 19.9. The Morgan fingerprint density at radius 3 is 2.39 bits per heavy atom. The van der Waals surface area contributed by atoms with Crippen molar-refractivity contribution in [3.8, 4) is 17.0 Å². The number of amides is 1. The molecule has 0 radical (unpaired) electrons. The van der Waals surface area contributed by atoms with Crippen LogP contribution < -0.4 is 10.1 Å². The highest BCUT2D eigenvalue weighted by molar-refractivity contribution is 7.99. The molecule has 1 aromatic heterocycles. The molecule has 0 spiro atoms. The van der Waals surface area contributed by atoms with E-state index in [0.717, 1.165) is 11.3 Å². The lowest BCUT2D eigenvalue weighted by molar-refractivity contribution is -0.113. The highest BCUT2D eigenvalue weighted by Crippen LogP contribution is 2.28. The van der Waals surface area contributed by atoms with Gasteiger partial charge in [0.25, 0.3) is 0 Å². The summed E-state index contributed by atoms with van der Waals surface area (Å²) in [6, 6.07) is 18.1. The second kappa shape index (κ2) is 9.14. The van der Waals surface area contributed by atoms with Gasteiger partial charge in [0.2, 0.25) is 5.91 Å². The van der Waals surface area contributed by atoms with Crippen LogP contribution in [-0.2, 0) is 4.79 Å². The van der Waals surface area contributed by atoms with Gasteiger partial charge in [0.05, 0.1) is 18.6 Å². The van der Waals surface area contributed by atoms with Crippen LogP contribution in [0.2, 0.25) is 0 Å². The van der Waals surface area contributed by atoms with E-state index in [4.69, 9.17) is 4.74 Å². The number of anilines is 1. The molecule has 0 aliphatic rings. The van der Waals surface area contributed by atoms with Crippen molar-refractivity contribution in [1.82, 2.24) is 10.2 Å². The number of methoxy groups -OCH3 is 1. The highest BCUT2D eigenvalue weighted by Gasteiger charge is 2.09. The van der Waals surface area contributed by atoms with Crippen molar-refractivity contribution < 1.29 is 14.3 Å². The summed E-state index contributed by atoms with van der Waals surface area (Å²) < 4.78 is 5.34. The van der Waals surface area contributed by atoms with Crippen LogP contribution in [-0.4, -0.2) is 34.8 Å². The van der Waals surface area contributed by atoms with Crippen molar-refractivity contribution in [3.63, 3.8) is 0 Å². The third-order valence-corrected chi connectivity index (χ3v) is 4.87. The maximum absolute atomic E-state index is 12.1. The number of rotatable bonds is 7. The van der Waals surface area contributed by atoms with E-state index in [1.807, 2.05) is 36.4 Å². The number of nitrogens with one attached hydrogen (secondary N) is 1. The van der Waals surface area contributed by atoms with Crippen molar-refractivity contribution >= 4 is 29.1 Å². The number of carbonyl (C=O) groups is 2. The third kappa shape index (κ3) is 4.95. The van der Waals surface area contributed by atoms with Crippen LogP contribution in [0.25, 0.3) is 11.3 Å². The Hall–Kier alpha value is -3.19. The van der Waals surface area contributed by atoms with Crippen LogP contribution in [0.3, 0.4) is 0 Å². The first kappa shape index (κ1) is 19.6. The van der Waals surface area contributed by atoms with E-state index < -0.39 is 0 Å². The molecule has 1 N–H and O–H groups in total. The SMILES string of the molecule is COc1ccccc1-c1ccc(SCC(=O)Nc2ccc(C(C)=O)cc2)nn1. The predicted molar refractivity (Wildman–Crippen MR) is 110 cm³/mol. The van der Waals surface area contributed by atoms with Gasteiger partial charge in [-0.05, 0) is 55.5 Å². The second-order valence-electron chi connectivity index (χ2n) is 5.93. The Bertz CT molecular complexity index is 973. The maximum Gasteiger partial charge on any atom is 0.234 e. The number of aromatic nitrogens is 2. The fourth-order valence-electron chi connectivity index (χ4n) is 2.52. The maximum atomic E-state index is 12.1. The van der Waals surface area contributed by atoms with Gasteiger partial charge >= 0.3 is 0 Å². The number of ketones is 1. The summed E-state index contributed by atoms with van der Waals surface area (Å²) >= 11 is 1.30. The minimum Gasteiger partial charge on any atom is -0.496 e. The van der Waals surface area contributed by atoms with E-state index in [1.54, 1.807) is 31.4 Å². The molecule has 1 amide bonds. The van der Waals surface area contributed by atoms with Crippen LogP contribution in [0, 0.1) is 0 Å². The lowest BCUT2D eigenvalue weighted by Crippen LogP contribution is -2.14. The molecule has 1 heterocycles. The van der Waals surface area contributed by atoms with Gasteiger partial charge < -0.3 is 10.1 Å². The summed E-state index contributed by atoms with van der Waals surface area (Å²) in [5.41, 5.74) is 2.82. The lowest BCUT2D eigenvalue weighted by Gasteiger charge is -2.08. The minimum absolute atomic E-state index is 0.0106. The van der Waals surface area contributed by atoms with Gasteiger partial charge in [-0.25, -0.2) is 0 Å². The first-order valence-corrected chi connectivity index (χ1v) is 9.56. The smallest absolute Gasteiger partial charge is 0.234 e. The second-order valence-corrected chi connectivity index (χ2v) is 6.92. The summed E-state index contributed by atoms with van der Waals surface area (Å²) in [5.74, 6) is 0.768. The molecule has 7 heteroatoms. The number of para-hydroxylation sites is 1. The number of thioether (sulfide) groups is 1. The average molecular weight is 393 g/mol. The van der Waals surface area contributed by atoms with Gasteiger partial charge in [-0.1, -0.05) is 23.9 Å². The first-order chi connectivity index (χ1) is 13.6. The minimum atomic E-state index is -0.156. The number of hydrogen-bond donors (Lipinski definition) is 1. The van der Waals surface area contributed by atoms with Gasteiger partial charge in [0.15, 0.2) is 5.78 Å². The molecule has 0 atom stereocenters. The molecular weight excluding hydrogens is 374 g/mol. The summed E-state index contributed by atoms with van der Waals surface area (Å²) in [7, 11) is 1.61. The molecule has 0 aliphatic carbocycles. The van der Waals surface area contributed by atoms with Gasteiger partial charge in [0.1, 0.15) is 10.8 Å². The zero-order valence-electron chi connectivity index (χ0n) is 15.5. The number of nitrogens with zero attached hydrogens (tertiary/aromatic N) is 2. The van der Waals surface area contributed by atoms with Crippen molar-refractivity contribution in [2.75, 3.05) is 18.2 Å². The number of hydrogen-bond acceptors (Lipinski definition) is 6. The molecule has 3 aromatic rings. The summed E-state index contributed by atoms with van der Waals surface area (Å²) in [6.07, 6.45) is 0. The monoisotopic (exact) mass is 393 g/mol. The van der Waals surface area contributed by atoms with Crippen LogP contribution >= 0.6 is 11.8 Å². The van der Waals surface area contributed by atoms with Gasteiger partial charge in [-0.3, -0.25) is 9.59 Å². The van der Waals surface area contributed by atoms with Crippen LogP contribution in [0.15, 0.2) is 65.7 Å². The van der Waals surface area contributed by atoms with Crippen molar-refractivity contribution in [2.45, 2.75) is 11.9 Å². The molecule has 28 heavy (non-hydrogen) atoms. The Kier molecular flexibility index (Phi) is 6.39. The molecule has 142 valence electrons. The molecule has 0 saturated heterocycles. The van der Waals surface area contributed by atoms with E-state index in [2.05, 4.69) is 15.5 Å². The van der Waals surface area contributed by atoms with Crippen LogP contribution in [0.5, 0.6) is 5.75 Å². The largest absolute Gasteiger partial charge is 0.496 e. The fraction of sp³-hybridized carbons (Fsp3) is 0.143. The number of Topliss-reactive ketones (excluding diaryl/α,β-unsaturated/α-hetero) is 1. The van der Waals surface area contributed by atoms with E-state index in [-0.39, 0.29) is 17.4 Å². The van der Waals surface area contributed by atoms with Gasteiger partial charge in [-0.2, -0.15) is 0 Å². The molecular formula is C21H19N3O3S. The Morgan fingerprint density at radius 1 is 1.00 bits per heavy atom. The highest BCUT2D eigenvalue weighted by atomic mass is 32.2. The zero-order valence-corrected chi connectivity index (χ0v) is 16.3. The summed E-state index contributed by atoms with van der Waals surface area (Å²) in [5, 5.41) is 11.9. The van der Waals surface area contributed by atoms with Crippen molar-refractivity contribution in [1.29, 1.82) is 0 Å². The number of benzene rings is 2. The van der Waals surface area contributed by atoms with Crippen molar-refractivity contribution in [2.24, 2.45) is 0 Å². The molecule has 3 rings (SSSR count). The van der Waals surface area contributed by atoms with Crippen LogP contribution in [0.4, 0.5) is 5.69 Å². The predicted octanol–water partition coefficient (Wildman–Crippen LogP) is 4.09. The normalized spacial score (nSPS) is 10.4. The molecule has 0 unspecified atom stereocenters. The Morgan fingerprint density at radius 2 is 1.75 bits per heavy atom. The standard InChI is InChI=1S/C21H19N3O3S/c1-14(25)15-7-9-16(10-8-15)22-20(26)13-28-21-12-11-18(23-24-21)17-5-3-4-6-19(17)27-2/h3-12H,13H2,1-2H3,(H,22,26). The third-order valence-electron chi connectivity index (χ3n) is 3.95. The molecule has 6 nitrogen and oxygen atoms in total. The molecule has 2 aromatic carbocycles. The topological polar surface area (TPSA) is 81.2 Å². The van der Waals surface area contributed by atoms with Crippen LogP contribution in [0.1, 0.15) is 17.3 Å². The van der Waals surface area contributed by atoms with E-state index in [0.29, 0.717) is 22.0 Å². The molecule has 0 fully saturated rings. The number of ether oxygens (including phenoxy) is 1. The summed E-state index contributed by atoms with van der Waals surface area (Å²) in [4.78, 5) is 23.4. The van der Waals surface area contributed by atoms with E-state index >= 15 is 0 Å². The van der Waals surface area contributed by atoms with Gasteiger partial charge in [0, 0.05) is 16.8 Å². The first-order valence-electron chi connectivity index (χ1n) is 8.57. The molecule has 0 saturated carbocycles. The average Bonchev–Trinajstić information content (AvgIpc) is 2.73.